The van der Waals surface area contributed by atoms with Gasteiger partial charge in [-0.1, -0.05) is 30.3 Å². The van der Waals surface area contributed by atoms with Gasteiger partial charge in [0.1, 0.15) is 37.0 Å². The summed E-state index contributed by atoms with van der Waals surface area (Å²) in [4.78, 5) is 4.93. The van der Waals surface area contributed by atoms with Gasteiger partial charge < -0.3 is 19.4 Å². The second-order valence-corrected chi connectivity index (χ2v) is 7.76. The summed E-state index contributed by atoms with van der Waals surface area (Å²) >= 11 is 0. The number of aromatic nitrogens is 1. The Hall–Kier alpha value is -3.34. The van der Waals surface area contributed by atoms with E-state index >= 15 is 0 Å². The maximum absolute atomic E-state index is 9.96. The van der Waals surface area contributed by atoms with Gasteiger partial charge in [-0.25, -0.2) is 4.98 Å². The van der Waals surface area contributed by atoms with Crippen LogP contribution in [0.15, 0.2) is 53.1 Å². The first-order chi connectivity index (χ1) is 15.3. The molecule has 3 aromatic rings. The highest BCUT2D eigenvalue weighted by atomic mass is 16.5. The Morgan fingerprint density at radius 2 is 2.00 bits per heavy atom. The molecule has 7 nitrogen and oxygen atoms in total. The Balaban J connectivity index is 1.61. The lowest BCUT2D eigenvalue weighted by molar-refractivity contribution is -0.929. The fraction of sp³-hybridized carbons (Fsp3) is 0.333. The summed E-state index contributed by atoms with van der Waals surface area (Å²) < 4.78 is 10.6. The average molecular weight is 420 g/mol. The predicted octanol–water partition coefficient (Wildman–Crippen LogP) is 1.78. The van der Waals surface area contributed by atoms with E-state index in [-0.39, 0.29) is 0 Å². The molecule has 1 atom stereocenters. The van der Waals surface area contributed by atoms with Crippen LogP contribution in [-0.4, -0.2) is 26.8 Å². The molecule has 7 heteroatoms. The van der Waals surface area contributed by atoms with Crippen LogP contribution in [0.25, 0.3) is 0 Å². The molecule has 4 rings (SSSR count). The summed E-state index contributed by atoms with van der Waals surface area (Å²) in [5.41, 5.74) is 4.34. The van der Waals surface area contributed by atoms with Crippen molar-refractivity contribution in [2.24, 2.45) is 0 Å². The average Bonchev–Trinajstić information content (AvgIpc) is 3.32. The number of aromatic amines is 1. The van der Waals surface area contributed by atoms with Gasteiger partial charge >= 0.3 is 0 Å². The van der Waals surface area contributed by atoms with Gasteiger partial charge in [0.05, 0.1) is 31.5 Å². The zero-order valence-corrected chi connectivity index (χ0v) is 17.8. The van der Waals surface area contributed by atoms with Gasteiger partial charge in [0.15, 0.2) is 0 Å². The normalized spacial score (nSPS) is 15.2. The molecule has 0 amide bonds. The van der Waals surface area contributed by atoms with E-state index < -0.39 is 0 Å². The van der Waals surface area contributed by atoms with Gasteiger partial charge in [0.2, 0.25) is 11.6 Å². The number of hydrogen-bond donors (Lipinski definition) is 3. The van der Waals surface area contributed by atoms with Crippen LogP contribution >= 0.6 is 0 Å². The molecule has 3 heterocycles. The lowest BCUT2D eigenvalue weighted by Crippen LogP contribution is -3.10. The third kappa shape index (κ3) is 5.05. The van der Waals surface area contributed by atoms with Gasteiger partial charge in [0, 0.05) is 19.1 Å². The van der Waals surface area contributed by atoms with Crippen molar-refractivity contribution < 1.29 is 19.0 Å². The number of nitrogens with one attached hydrogen (secondary N) is 4. The number of pyridine rings is 1. The third-order valence-corrected chi connectivity index (χ3v) is 5.66. The van der Waals surface area contributed by atoms with Gasteiger partial charge in [-0.3, -0.25) is 5.32 Å². The lowest BCUT2D eigenvalue weighted by atomic mass is 9.95. The second kappa shape index (κ2) is 10.1. The number of nitriles is 1. The quantitative estimate of drug-likeness (QED) is 0.460. The van der Waals surface area contributed by atoms with Crippen LogP contribution in [0.4, 0.5) is 11.6 Å². The third-order valence-electron chi connectivity index (χ3n) is 5.66. The molecule has 1 unspecified atom stereocenters. The monoisotopic (exact) mass is 419 g/mol. The number of H-pyrrole nitrogens is 1. The first kappa shape index (κ1) is 20.9. The van der Waals surface area contributed by atoms with Gasteiger partial charge in [-0.05, 0) is 17.7 Å². The Kier molecular flexibility index (Phi) is 6.82. The van der Waals surface area contributed by atoms with Crippen molar-refractivity contribution in [3.63, 3.8) is 0 Å². The van der Waals surface area contributed by atoms with E-state index in [0.717, 1.165) is 49.0 Å². The van der Waals surface area contributed by atoms with E-state index in [0.29, 0.717) is 25.3 Å². The summed E-state index contributed by atoms with van der Waals surface area (Å²) in [7, 11) is 1.70. The van der Waals surface area contributed by atoms with E-state index in [1.807, 2.05) is 18.2 Å². The molecule has 4 N–H and O–H groups in total. The number of nitrogens with zero attached hydrogens (tertiary/aromatic N) is 1. The summed E-state index contributed by atoms with van der Waals surface area (Å²) in [6, 6.07) is 16.8. The number of benzene rings is 1. The molecule has 0 spiro atoms. The van der Waals surface area contributed by atoms with Crippen LogP contribution in [0.1, 0.15) is 28.0 Å². The van der Waals surface area contributed by atoms with Crippen molar-refractivity contribution in [1.82, 2.24) is 0 Å². The molecule has 31 heavy (non-hydrogen) atoms. The zero-order valence-electron chi connectivity index (χ0n) is 17.8. The number of furan rings is 1. The Morgan fingerprint density at radius 1 is 1.13 bits per heavy atom. The molecular weight excluding hydrogens is 390 g/mol. The molecule has 1 aliphatic heterocycles. The molecule has 2 aromatic heterocycles. The molecule has 160 valence electrons. The highest BCUT2D eigenvalue weighted by molar-refractivity contribution is 5.60. The summed E-state index contributed by atoms with van der Waals surface area (Å²) in [6.45, 7) is 4.65. The van der Waals surface area contributed by atoms with Crippen LogP contribution in [0, 0.1) is 11.3 Å². The number of ether oxygens (including phenoxy) is 1. The largest absolute Gasteiger partial charge is 0.466 e. The van der Waals surface area contributed by atoms with Gasteiger partial charge in [-0.2, -0.15) is 5.26 Å². The maximum Gasteiger partial charge on any atom is 0.238 e. The molecular formula is C24H29N5O2+2. The van der Waals surface area contributed by atoms with E-state index in [1.165, 1.54) is 16.0 Å². The Morgan fingerprint density at radius 3 is 2.74 bits per heavy atom. The topological polar surface area (TPSA) is 88.8 Å². The summed E-state index contributed by atoms with van der Waals surface area (Å²) in [5.74, 6) is 2.50. The molecule has 0 radical (unpaired) electrons. The predicted molar refractivity (Wildman–Crippen MR) is 117 cm³/mol. The highest BCUT2D eigenvalue weighted by Crippen LogP contribution is 2.26. The first-order valence-corrected chi connectivity index (χ1v) is 10.7. The number of methoxy groups -OCH3 is 1. The standard InChI is InChI=1S/C24H27N5O2/c1-30-13-10-26-24-22-17-29(16-18-6-3-2-4-7-18)11-9-20(22)21(14-25)23(28-24)27-15-19-8-5-12-31-19/h2-8,12H,9-11,13,15-17H2,1H3,(H2,26,27,28)/p+2. The highest BCUT2D eigenvalue weighted by Gasteiger charge is 2.30. The molecule has 0 fully saturated rings. The second-order valence-electron chi connectivity index (χ2n) is 7.76. The number of hydrogen-bond acceptors (Lipinski definition) is 5. The van der Waals surface area contributed by atoms with E-state index in [4.69, 9.17) is 9.15 Å². The summed E-state index contributed by atoms with van der Waals surface area (Å²) in [6.07, 6.45) is 2.52. The van der Waals surface area contributed by atoms with Crippen molar-refractivity contribution in [3.05, 3.63) is 76.7 Å². The first-order valence-electron chi connectivity index (χ1n) is 10.7. The fourth-order valence-electron chi connectivity index (χ4n) is 4.14. The van der Waals surface area contributed by atoms with Gasteiger partial charge in [0.25, 0.3) is 0 Å². The van der Waals surface area contributed by atoms with Crippen LogP contribution in [0.5, 0.6) is 0 Å². The molecule has 0 saturated heterocycles. The molecule has 1 aromatic carbocycles. The van der Waals surface area contributed by atoms with Crippen molar-refractivity contribution in [2.75, 3.05) is 37.4 Å². The zero-order chi connectivity index (χ0) is 21.5. The summed E-state index contributed by atoms with van der Waals surface area (Å²) in [5, 5.41) is 16.8. The minimum absolute atomic E-state index is 0.514. The molecule has 0 bridgehead atoms. The number of fused-ring (bicyclic) bond motifs is 1. The van der Waals surface area contributed by atoms with E-state index in [1.54, 1.807) is 13.4 Å². The molecule has 0 saturated carbocycles. The van der Waals surface area contributed by atoms with E-state index in [9.17, 15) is 5.26 Å². The van der Waals surface area contributed by atoms with Crippen LogP contribution in [0.3, 0.4) is 0 Å². The maximum atomic E-state index is 9.96. The lowest BCUT2D eigenvalue weighted by Gasteiger charge is -2.27. The van der Waals surface area contributed by atoms with Crippen molar-refractivity contribution in [1.29, 1.82) is 5.26 Å². The van der Waals surface area contributed by atoms with E-state index in [2.05, 4.69) is 46.0 Å². The van der Waals surface area contributed by atoms with Crippen LogP contribution in [-0.2, 0) is 30.8 Å². The van der Waals surface area contributed by atoms with Crippen molar-refractivity contribution in [2.45, 2.75) is 26.1 Å². The molecule has 0 aliphatic carbocycles. The Labute approximate surface area is 182 Å². The van der Waals surface area contributed by atoms with Crippen molar-refractivity contribution in [3.8, 4) is 6.07 Å². The fourth-order valence-corrected chi connectivity index (χ4v) is 4.14. The number of anilines is 2. The number of quaternary nitrogens is 1. The number of rotatable bonds is 9. The Bertz CT molecular complexity index is 1030. The minimum atomic E-state index is 0.514. The SMILES string of the molecule is COCCNc1[nH+]c(NCc2ccco2)c(C#N)c2c1C[NH+](Cc1ccccc1)CC2. The van der Waals surface area contributed by atoms with Crippen LogP contribution < -0.4 is 20.5 Å². The van der Waals surface area contributed by atoms with Gasteiger partial charge in [-0.15, -0.1) is 0 Å². The minimum Gasteiger partial charge on any atom is -0.466 e. The van der Waals surface area contributed by atoms with Crippen molar-refractivity contribution >= 4 is 11.6 Å². The van der Waals surface area contributed by atoms with Crippen LogP contribution in [0.2, 0.25) is 0 Å². The smallest absolute Gasteiger partial charge is 0.238 e. The molecule has 1 aliphatic rings.